The third-order valence-electron chi connectivity index (χ3n) is 10.6. The quantitative estimate of drug-likeness (QED) is 0.0322. The molecule has 0 rings (SSSR count). The molecule has 3 N–H and O–H groups in total. The van der Waals surface area contributed by atoms with Gasteiger partial charge in [-0.15, -0.1) is 0 Å². The van der Waals surface area contributed by atoms with Crippen molar-refractivity contribution in [2.24, 2.45) is 0 Å². The summed E-state index contributed by atoms with van der Waals surface area (Å²) in [6.45, 7) is 4.43. The third kappa shape index (κ3) is 46.4. The van der Waals surface area contributed by atoms with E-state index in [2.05, 4.69) is 92.1 Å². The molecule has 0 aliphatic rings. The van der Waals surface area contributed by atoms with Gasteiger partial charge in [0.2, 0.25) is 5.91 Å². The number of aliphatic hydroxyl groups excluding tert-OH is 1. The second-order valence-corrected chi connectivity index (χ2v) is 17.9. The summed E-state index contributed by atoms with van der Waals surface area (Å²) in [5.74, 6) is -1.02. The number of amides is 1. The second-order valence-electron chi connectivity index (χ2n) is 16.4. The number of carbonyl (C=O) groups excluding carboxylic acids is 1. The van der Waals surface area contributed by atoms with Crippen molar-refractivity contribution >= 4 is 16.0 Å². The fourth-order valence-corrected chi connectivity index (χ4v) is 7.72. The molecule has 0 aliphatic heterocycles. The van der Waals surface area contributed by atoms with Gasteiger partial charge in [0.05, 0.1) is 17.9 Å². The average Bonchev–Trinajstić information content (AvgIpc) is 3.20. The van der Waals surface area contributed by atoms with Crippen LogP contribution in [0.15, 0.2) is 85.1 Å². The summed E-state index contributed by atoms with van der Waals surface area (Å²) in [5.41, 5.74) is 0. The summed E-state index contributed by atoms with van der Waals surface area (Å²) in [6, 6.07) is -1.08. The minimum Gasteiger partial charge on any atom is -0.387 e. The van der Waals surface area contributed by atoms with Crippen LogP contribution in [-0.4, -0.2) is 41.9 Å². The van der Waals surface area contributed by atoms with Crippen LogP contribution in [0.3, 0.4) is 0 Å². The van der Waals surface area contributed by atoms with Crippen molar-refractivity contribution in [1.82, 2.24) is 5.32 Å². The van der Waals surface area contributed by atoms with Crippen molar-refractivity contribution in [3.05, 3.63) is 85.1 Å². The number of aliphatic hydroxyl groups is 1. The molecule has 0 aromatic carbocycles. The van der Waals surface area contributed by atoms with E-state index in [1.807, 2.05) is 6.08 Å². The van der Waals surface area contributed by atoms with E-state index in [9.17, 15) is 22.9 Å². The van der Waals surface area contributed by atoms with Gasteiger partial charge in [-0.05, 0) is 70.6 Å². The van der Waals surface area contributed by atoms with Gasteiger partial charge in [-0.25, -0.2) is 0 Å². The van der Waals surface area contributed by atoms with Crippen LogP contribution in [0.5, 0.6) is 0 Å². The van der Waals surface area contributed by atoms with E-state index in [1.165, 1.54) is 109 Å². The number of carbonyl (C=O) groups is 1. The predicted octanol–water partition coefficient (Wildman–Crippen LogP) is 15.1. The molecule has 0 spiro atoms. The summed E-state index contributed by atoms with van der Waals surface area (Å²) in [6.07, 6.45) is 65.8. The predicted molar refractivity (Wildman–Crippen MR) is 257 cm³/mol. The van der Waals surface area contributed by atoms with Crippen molar-refractivity contribution in [2.75, 3.05) is 5.75 Å². The van der Waals surface area contributed by atoms with E-state index in [0.29, 0.717) is 6.42 Å². The summed E-state index contributed by atoms with van der Waals surface area (Å²) in [7, 11) is -4.36. The molecule has 0 aromatic heterocycles. The average molecular weight is 842 g/mol. The molecule has 59 heavy (non-hydrogen) atoms. The second kappa shape index (κ2) is 45.1. The van der Waals surface area contributed by atoms with Crippen LogP contribution in [0.2, 0.25) is 0 Å². The minimum absolute atomic E-state index is 0.262. The Morgan fingerprint density at radius 2 is 0.814 bits per heavy atom. The lowest BCUT2D eigenvalue weighted by Gasteiger charge is -2.21. The Hall–Kier alpha value is -2.48. The van der Waals surface area contributed by atoms with Gasteiger partial charge in [0.1, 0.15) is 0 Å². The van der Waals surface area contributed by atoms with Crippen LogP contribution in [0.4, 0.5) is 0 Å². The van der Waals surface area contributed by atoms with Crippen molar-refractivity contribution in [3.63, 3.8) is 0 Å². The molecule has 7 heteroatoms. The zero-order valence-electron chi connectivity index (χ0n) is 38.1. The van der Waals surface area contributed by atoms with Crippen LogP contribution in [-0.2, 0) is 14.9 Å². The zero-order valence-corrected chi connectivity index (χ0v) is 38.9. The maximum atomic E-state index is 12.6. The fourth-order valence-electron chi connectivity index (χ4n) is 6.98. The topological polar surface area (TPSA) is 104 Å². The van der Waals surface area contributed by atoms with Gasteiger partial charge in [0, 0.05) is 6.42 Å². The van der Waals surface area contributed by atoms with Gasteiger partial charge in [-0.1, -0.05) is 227 Å². The molecule has 0 aliphatic carbocycles. The lowest BCUT2D eigenvalue weighted by molar-refractivity contribution is -0.122. The van der Waals surface area contributed by atoms with Gasteiger partial charge >= 0.3 is 0 Å². The lowest BCUT2D eigenvalue weighted by Crippen LogP contribution is -2.46. The first-order valence-electron chi connectivity index (χ1n) is 24.3. The van der Waals surface area contributed by atoms with Crippen LogP contribution in [0.1, 0.15) is 219 Å². The molecule has 0 heterocycles. The van der Waals surface area contributed by atoms with Gasteiger partial charge in [-0.3, -0.25) is 9.35 Å². The smallest absolute Gasteiger partial charge is 0.267 e. The Morgan fingerprint density at radius 3 is 1.20 bits per heavy atom. The molecule has 0 saturated heterocycles. The first-order chi connectivity index (χ1) is 28.8. The highest BCUT2D eigenvalue weighted by Gasteiger charge is 2.24. The van der Waals surface area contributed by atoms with Gasteiger partial charge < -0.3 is 10.4 Å². The number of allylic oxidation sites excluding steroid dienone is 13. The van der Waals surface area contributed by atoms with Gasteiger partial charge in [0.15, 0.2) is 0 Å². The maximum absolute atomic E-state index is 12.6. The summed E-state index contributed by atoms with van der Waals surface area (Å²) in [5, 5.41) is 13.3. The van der Waals surface area contributed by atoms with E-state index < -0.39 is 28.0 Å². The SMILES string of the molecule is CC/C=C\C/C=C\C/C=C\C/C=C\C/C=C\C/C=C\CCCCCCC(=O)NC(CS(=O)(=O)O)C(O)/C=C/CCCCCCCCCCCCCCCCCCCCC. The van der Waals surface area contributed by atoms with Crippen LogP contribution < -0.4 is 5.32 Å². The first-order valence-corrected chi connectivity index (χ1v) is 25.9. The highest BCUT2D eigenvalue weighted by Crippen LogP contribution is 2.15. The number of hydrogen-bond acceptors (Lipinski definition) is 4. The maximum Gasteiger partial charge on any atom is 0.267 e. The monoisotopic (exact) mass is 842 g/mol. The molecule has 0 aromatic rings. The molecule has 2 unspecified atom stereocenters. The number of unbranched alkanes of at least 4 members (excludes halogenated alkanes) is 23. The standard InChI is InChI=1S/C52H91NO5S/c1-3-5-7-9-11-13-15-17-19-21-23-25-26-28-30-32-34-36-38-40-42-44-46-48-52(55)53-50(49-59(56,57)58)51(54)47-45-43-41-39-37-35-33-31-29-27-24-22-20-18-16-14-12-10-8-6-4-2/h5,7,11,13,17,19,23,25,28,30,34,36,45,47,50-51,54H,3-4,6,8-10,12,14-16,18,20-22,24,26-27,29,31-33,35,37-44,46,48-49H2,1-2H3,(H,53,55)(H,56,57,58)/b7-5-,13-11-,19-17-,25-23-,30-28-,36-34-,47-45+. The lowest BCUT2D eigenvalue weighted by atomic mass is 10.0. The Labute approximate surface area is 365 Å². The molecule has 2 atom stereocenters. The van der Waals surface area contributed by atoms with Crippen molar-refractivity contribution in [2.45, 2.75) is 231 Å². The molecule has 340 valence electrons. The van der Waals surface area contributed by atoms with Gasteiger partial charge in [-0.2, -0.15) is 8.42 Å². The van der Waals surface area contributed by atoms with Gasteiger partial charge in [0.25, 0.3) is 10.1 Å². The highest BCUT2D eigenvalue weighted by atomic mass is 32.2. The van der Waals surface area contributed by atoms with E-state index in [1.54, 1.807) is 6.08 Å². The molecule has 0 fully saturated rings. The Kier molecular flexibility index (Phi) is 43.2. The summed E-state index contributed by atoms with van der Waals surface area (Å²) < 4.78 is 32.7. The summed E-state index contributed by atoms with van der Waals surface area (Å²) >= 11 is 0. The molecule has 0 bridgehead atoms. The zero-order chi connectivity index (χ0) is 43.2. The van der Waals surface area contributed by atoms with E-state index in [-0.39, 0.29) is 12.3 Å². The van der Waals surface area contributed by atoms with Crippen molar-refractivity contribution in [1.29, 1.82) is 0 Å². The first kappa shape index (κ1) is 56.5. The Balaban J connectivity index is 3.92. The van der Waals surface area contributed by atoms with E-state index >= 15 is 0 Å². The molecule has 0 saturated carbocycles. The fraction of sp³-hybridized carbons (Fsp3) is 0.712. The van der Waals surface area contributed by atoms with E-state index in [4.69, 9.17) is 0 Å². The Bertz CT molecular complexity index is 1250. The minimum atomic E-state index is -4.36. The van der Waals surface area contributed by atoms with Crippen molar-refractivity contribution in [3.8, 4) is 0 Å². The number of hydrogen-bond donors (Lipinski definition) is 3. The van der Waals surface area contributed by atoms with Crippen LogP contribution in [0, 0.1) is 0 Å². The number of rotatable bonds is 43. The third-order valence-corrected chi connectivity index (χ3v) is 11.4. The molecule has 6 nitrogen and oxygen atoms in total. The molecule has 0 radical (unpaired) electrons. The van der Waals surface area contributed by atoms with Crippen LogP contribution >= 0.6 is 0 Å². The molecule has 1 amide bonds. The van der Waals surface area contributed by atoms with Crippen molar-refractivity contribution < 1.29 is 22.9 Å². The molecular formula is C52H91NO5S. The van der Waals surface area contributed by atoms with E-state index in [0.717, 1.165) is 83.5 Å². The normalized spacial score (nSPS) is 13.9. The Morgan fingerprint density at radius 1 is 0.475 bits per heavy atom. The number of nitrogens with one attached hydrogen (secondary N) is 1. The largest absolute Gasteiger partial charge is 0.387 e. The molecular weight excluding hydrogens is 751 g/mol. The van der Waals surface area contributed by atoms with Crippen LogP contribution in [0.25, 0.3) is 0 Å². The summed E-state index contributed by atoms with van der Waals surface area (Å²) in [4.78, 5) is 12.6. The highest BCUT2D eigenvalue weighted by molar-refractivity contribution is 7.85.